The highest BCUT2D eigenvalue weighted by molar-refractivity contribution is 7.92. The largest absolute Gasteiger partial charge is 0.305 e. The summed E-state index contributed by atoms with van der Waals surface area (Å²) in [6.07, 6.45) is 6.12. The summed E-state index contributed by atoms with van der Waals surface area (Å²) in [6.45, 7) is 0.547. The van der Waals surface area contributed by atoms with Crippen molar-refractivity contribution in [1.82, 2.24) is 4.57 Å². The molecule has 9 heteroatoms. The Balaban J connectivity index is 1.47. The Bertz CT molecular complexity index is 1650. The van der Waals surface area contributed by atoms with E-state index in [1.807, 2.05) is 18.2 Å². The molecule has 0 N–H and O–H groups in total. The number of anilines is 1. The molecule has 34 heavy (non-hydrogen) atoms. The highest BCUT2D eigenvalue weighted by atomic mass is 32.2. The van der Waals surface area contributed by atoms with Gasteiger partial charge in [0.15, 0.2) is 4.80 Å². The Kier molecular flexibility index (Phi) is 5.55. The van der Waals surface area contributed by atoms with Gasteiger partial charge in [-0.1, -0.05) is 35.5 Å². The standard InChI is InChI=1S/C25H18FN3O3S2/c1-2-14-28-22-12-9-19(26)16-23(22)33-25(28)27-24(30)18-7-10-20(11-8-18)34(31,32)29-15-13-17-5-3-4-6-21(17)29/h1,3-12,16H,13-15H2. The smallest absolute Gasteiger partial charge is 0.279 e. The number of carbonyl (C=O) groups is 1. The molecule has 0 radical (unpaired) electrons. The second-order valence-electron chi connectivity index (χ2n) is 7.68. The van der Waals surface area contributed by atoms with E-state index in [1.54, 1.807) is 16.7 Å². The van der Waals surface area contributed by atoms with E-state index in [0.717, 1.165) is 16.9 Å². The Labute approximate surface area is 199 Å². The summed E-state index contributed by atoms with van der Waals surface area (Å²) >= 11 is 1.16. The Morgan fingerprint density at radius 1 is 1.12 bits per heavy atom. The zero-order chi connectivity index (χ0) is 23.9. The van der Waals surface area contributed by atoms with Crippen LogP contribution in [0.1, 0.15) is 15.9 Å². The lowest BCUT2D eigenvalue weighted by molar-refractivity contribution is 0.0998. The van der Waals surface area contributed by atoms with E-state index in [4.69, 9.17) is 6.42 Å². The third-order valence-electron chi connectivity index (χ3n) is 5.63. The number of halogens is 1. The zero-order valence-corrected chi connectivity index (χ0v) is 19.4. The molecule has 6 nitrogen and oxygen atoms in total. The molecule has 170 valence electrons. The van der Waals surface area contributed by atoms with Crippen LogP contribution in [0.15, 0.2) is 76.6 Å². The van der Waals surface area contributed by atoms with Crippen molar-refractivity contribution in [3.05, 3.63) is 88.5 Å². The van der Waals surface area contributed by atoms with Gasteiger partial charge in [0.05, 0.1) is 27.3 Å². The van der Waals surface area contributed by atoms with E-state index < -0.39 is 21.7 Å². The molecule has 0 fully saturated rings. The number of para-hydroxylation sites is 1. The quantitative estimate of drug-likeness (QED) is 0.406. The SMILES string of the molecule is C#CCn1c(=NC(=O)c2ccc(S(=O)(=O)N3CCc4ccccc43)cc2)sc2cc(F)ccc21. The minimum absolute atomic E-state index is 0.0977. The first-order chi connectivity index (χ1) is 16.4. The van der Waals surface area contributed by atoms with Crippen LogP contribution in [0.3, 0.4) is 0 Å². The van der Waals surface area contributed by atoms with Gasteiger partial charge < -0.3 is 4.57 Å². The average molecular weight is 492 g/mol. The molecule has 0 bridgehead atoms. The average Bonchev–Trinajstić information content (AvgIpc) is 3.41. The van der Waals surface area contributed by atoms with Crippen molar-refractivity contribution in [3.63, 3.8) is 0 Å². The van der Waals surface area contributed by atoms with Crippen molar-refractivity contribution < 1.29 is 17.6 Å². The fourth-order valence-corrected chi connectivity index (χ4v) is 6.54. The second-order valence-corrected chi connectivity index (χ2v) is 10.6. The molecule has 0 atom stereocenters. The summed E-state index contributed by atoms with van der Waals surface area (Å²) < 4.78 is 43.7. The Morgan fingerprint density at radius 3 is 2.65 bits per heavy atom. The van der Waals surface area contributed by atoms with Gasteiger partial charge in [0.1, 0.15) is 5.82 Å². The summed E-state index contributed by atoms with van der Waals surface area (Å²) in [5.74, 6) is 1.58. The van der Waals surface area contributed by atoms with Crippen LogP contribution in [0.2, 0.25) is 0 Å². The summed E-state index contributed by atoms with van der Waals surface area (Å²) in [6, 6.07) is 17.4. The van der Waals surface area contributed by atoms with E-state index in [-0.39, 0.29) is 17.0 Å². The van der Waals surface area contributed by atoms with Gasteiger partial charge in [-0.05, 0) is 60.5 Å². The first kappa shape index (κ1) is 22.1. The number of benzene rings is 3. The number of sulfonamides is 1. The fourth-order valence-electron chi connectivity index (χ4n) is 3.98. The molecule has 5 rings (SSSR count). The minimum Gasteiger partial charge on any atom is -0.305 e. The lowest BCUT2D eigenvalue weighted by Crippen LogP contribution is -2.29. The molecule has 1 aliphatic rings. The molecule has 0 unspecified atom stereocenters. The molecule has 1 aliphatic heterocycles. The number of fused-ring (bicyclic) bond motifs is 2. The van der Waals surface area contributed by atoms with Crippen LogP contribution in [0.4, 0.5) is 10.1 Å². The van der Waals surface area contributed by atoms with Crippen LogP contribution in [-0.2, 0) is 23.0 Å². The molecule has 4 aromatic rings. The molecular weight excluding hydrogens is 473 g/mol. The molecule has 1 aromatic heterocycles. The number of thiazole rings is 1. The highest BCUT2D eigenvalue weighted by Gasteiger charge is 2.30. The van der Waals surface area contributed by atoms with Gasteiger partial charge in [0.2, 0.25) is 0 Å². The normalized spacial score (nSPS) is 13.8. The van der Waals surface area contributed by atoms with Crippen LogP contribution in [0.5, 0.6) is 0 Å². The first-order valence-corrected chi connectivity index (χ1v) is 12.7. The number of terminal acetylenes is 1. The van der Waals surface area contributed by atoms with Gasteiger partial charge >= 0.3 is 0 Å². The number of amides is 1. The van der Waals surface area contributed by atoms with Gasteiger partial charge in [0, 0.05) is 12.1 Å². The van der Waals surface area contributed by atoms with Crippen molar-refractivity contribution in [2.75, 3.05) is 10.8 Å². The van der Waals surface area contributed by atoms with Crippen LogP contribution in [-0.4, -0.2) is 25.4 Å². The van der Waals surface area contributed by atoms with Crippen molar-refractivity contribution in [3.8, 4) is 12.3 Å². The Hall–Kier alpha value is -3.74. The van der Waals surface area contributed by atoms with Crippen molar-refractivity contribution in [2.24, 2.45) is 4.99 Å². The van der Waals surface area contributed by atoms with Crippen LogP contribution in [0.25, 0.3) is 10.2 Å². The lowest BCUT2D eigenvalue weighted by Gasteiger charge is -2.19. The monoisotopic (exact) mass is 491 g/mol. The van der Waals surface area contributed by atoms with Gasteiger partial charge in [-0.25, -0.2) is 12.8 Å². The number of rotatable bonds is 4. The van der Waals surface area contributed by atoms with E-state index in [1.165, 1.54) is 40.7 Å². The highest BCUT2D eigenvalue weighted by Crippen LogP contribution is 2.32. The number of hydrogen-bond acceptors (Lipinski definition) is 4. The predicted molar refractivity (Wildman–Crippen MR) is 130 cm³/mol. The fraction of sp³-hybridized carbons (Fsp3) is 0.120. The maximum Gasteiger partial charge on any atom is 0.279 e. The molecule has 0 aliphatic carbocycles. The summed E-state index contributed by atoms with van der Waals surface area (Å²) in [5.41, 5.74) is 2.58. The molecular formula is C25H18FN3O3S2. The predicted octanol–water partition coefficient (Wildman–Crippen LogP) is 3.97. The van der Waals surface area contributed by atoms with Gasteiger partial charge in [-0.3, -0.25) is 9.10 Å². The molecule has 3 aromatic carbocycles. The van der Waals surface area contributed by atoms with Crippen molar-refractivity contribution in [1.29, 1.82) is 0 Å². The Morgan fingerprint density at radius 2 is 1.88 bits per heavy atom. The van der Waals surface area contributed by atoms with E-state index >= 15 is 0 Å². The molecule has 0 saturated heterocycles. The topological polar surface area (TPSA) is 71.7 Å². The number of aromatic nitrogens is 1. The van der Waals surface area contributed by atoms with Crippen molar-refractivity contribution in [2.45, 2.75) is 17.9 Å². The van der Waals surface area contributed by atoms with Gasteiger partial charge in [-0.2, -0.15) is 4.99 Å². The third kappa shape index (κ3) is 3.81. The van der Waals surface area contributed by atoms with Crippen LogP contribution in [0, 0.1) is 18.2 Å². The van der Waals surface area contributed by atoms with Crippen LogP contribution >= 0.6 is 11.3 Å². The number of carbonyl (C=O) groups excluding carboxylic acids is 1. The third-order valence-corrected chi connectivity index (χ3v) is 8.49. The van der Waals surface area contributed by atoms with E-state index in [9.17, 15) is 17.6 Å². The molecule has 0 spiro atoms. The van der Waals surface area contributed by atoms with E-state index in [0.29, 0.717) is 33.7 Å². The number of hydrogen-bond donors (Lipinski definition) is 0. The maximum absolute atomic E-state index is 13.6. The van der Waals surface area contributed by atoms with Gasteiger partial charge in [0.25, 0.3) is 15.9 Å². The lowest BCUT2D eigenvalue weighted by atomic mass is 10.2. The summed E-state index contributed by atoms with van der Waals surface area (Å²) in [4.78, 5) is 17.5. The molecule has 2 heterocycles. The van der Waals surface area contributed by atoms with Gasteiger partial charge in [-0.15, -0.1) is 6.42 Å². The minimum atomic E-state index is -3.76. The zero-order valence-electron chi connectivity index (χ0n) is 17.8. The second kappa shape index (κ2) is 8.56. The first-order valence-electron chi connectivity index (χ1n) is 10.4. The van der Waals surface area contributed by atoms with Crippen molar-refractivity contribution >= 4 is 43.2 Å². The number of nitrogens with zero attached hydrogens (tertiary/aromatic N) is 3. The summed E-state index contributed by atoms with van der Waals surface area (Å²) in [7, 11) is -3.76. The molecule has 0 saturated carbocycles. The maximum atomic E-state index is 13.6. The summed E-state index contributed by atoms with van der Waals surface area (Å²) in [5, 5.41) is 0. The van der Waals surface area contributed by atoms with E-state index in [2.05, 4.69) is 10.9 Å². The van der Waals surface area contributed by atoms with Crippen LogP contribution < -0.4 is 9.11 Å². The molecule has 1 amide bonds.